The van der Waals surface area contributed by atoms with Crippen LogP contribution >= 0.6 is 0 Å². The summed E-state index contributed by atoms with van der Waals surface area (Å²) in [6, 6.07) is 1.95. The summed E-state index contributed by atoms with van der Waals surface area (Å²) in [7, 11) is 0. The second-order valence-corrected chi connectivity index (χ2v) is 2.64. The minimum absolute atomic E-state index is 1.05. The predicted octanol–water partition coefficient (Wildman–Crippen LogP) is 0.489. The number of hydrogen-bond acceptors (Lipinski definition) is 3. The van der Waals surface area contributed by atoms with Crippen molar-refractivity contribution < 1.29 is 4.42 Å². The van der Waals surface area contributed by atoms with Crippen molar-refractivity contribution in [1.82, 2.24) is 5.32 Å². The van der Waals surface area contributed by atoms with E-state index in [1.165, 1.54) is 0 Å². The summed E-state index contributed by atoms with van der Waals surface area (Å²) in [6.07, 6.45) is 4.49. The summed E-state index contributed by atoms with van der Waals surface area (Å²) in [5.41, 5.74) is 1.08. The number of rotatable bonds is 1. The summed E-state index contributed by atoms with van der Waals surface area (Å²) in [5.74, 6) is 0. The Kier molecular flexibility index (Phi) is 1.81. The van der Waals surface area contributed by atoms with E-state index < -0.39 is 0 Å². The van der Waals surface area contributed by atoms with Crippen LogP contribution in [-0.2, 0) is 0 Å². The molecule has 0 unspecified atom stereocenters. The highest BCUT2D eigenvalue weighted by Gasteiger charge is 2.10. The molecule has 59 valence electrons. The zero-order chi connectivity index (χ0) is 7.52. The third kappa shape index (κ3) is 1.38. The topological polar surface area (TPSA) is 28.4 Å². The van der Waals surface area contributed by atoms with Gasteiger partial charge in [-0.1, -0.05) is 0 Å². The Bertz CT molecular complexity index is 202. The van der Waals surface area contributed by atoms with E-state index in [0.717, 1.165) is 31.9 Å². The van der Waals surface area contributed by atoms with Crippen molar-refractivity contribution in [1.29, 1.82) is 0 Å². The van der Waals surface area contributed by atoms with E-state index in [-0.39, 0.29) is 0 Å². The molecule has 1 aliphatic rings. The lowest BCUT2D eigenvalue weighted by atomic mass is 10.3. The summed E-state index contributed by atoms with van der Waals surface area (Å²) >= 11 is 0. The summed E-state index contributed by atoms with van der Waals surface area (Å²) in [6.45, 7) is 4.21. The fourth-order valence-electron chi connectivity index (χ4n) is 1.30. The molecule has 0 aliphatic carbocycles. The van der Waals surface area contributed by atoms with Gasteiger partial charge in [-0.3, -0.25) is 0 Å². The van der Waals surface area contributed by atoms with Crippen LogP contribution in [0.2, 0.25) is 0 Å². The predicted molar refractivity (Wildman–Crippen MR) is 42.6 cm³/mol. The van der Waals surface area contributed by atoms with E-state index in [4.69, 9.17) is 4.42 Å². The van der Waals surface area contributed by atoms with Crippen molar-refractivity contribution in [3.8, 4) is 0 Å². The van der Waals surface area contributed by atoms with E-state index in [1.807, 2.05) is 6.07 Å². The van der Waals surface area contributed by atoms with Crippen molar-refractivity contribution in [3.05, 3.63) is 18.6 Å². The highest BCUT2D eigenvalue weighted by molar-refractivity contribution is 5.42. The molecule has 3 heteroatoms. The maximum Gasteiger partial charge on any atom is 0.194 e. The average molecular weight is 151 g/mol. The van der Waals surface area contributed by atoms with E-state index in [1.54, 1.807) is 6.26 Å². The number of furan rings is 1. The monoisotopic (exact) mass is 151 g/mol. The Morgan fingerprint density at radius 3 is 2.91 bits per heavy atom. The summed E-state index contributed by atoms with van der Waals surface area (Å²) in [5, 5.41) is 3.29. The van der Waals surface area contributed by atoms with Gasteiger partial charge < -0.3 is 14.6 Å². The molecule has 0 spiro atoms. The molecule has 1 N–H and O–H groups in total. The van der Waals surface area contributed by atoms with Crippen LogP contribution in [0.4, 0.5) is 5.69 Å². The molecule has 2 rings (SSSR count). The standard InChI is InChI=1S/C8H11N2O/c1-6-11-7-8(1)10-4-2-9-3-5-10/h1,6,9H,2-5H2. The molecule has 0 bridgehead atoms. The van der Waals surface area contributed by atoms with Crippen LogP contribution in [0.5, 0.6) is 0 Å². The van der Waals surface area contributed by atoms with Crippen LogP contribution in [0.25, 0.3) is 0 Å². The highest BCUT2D eigenvalue weighted by Crippen LogP contribution is 2.13. The van der Waals surface area contributed by atoms with Gasteiger partial charge in [0.05, 0.1) is 12.0 Å². The van der Waals surface area contributed by atoms with Gasteiger partial charge in [0.25, 0.3) is 0 Å². The number of nitrogens with zero attached hydrogens (tertiary/aromatic N) is 1. The molecule has 3 nitrogen and oxygen atoms in total. The average Bonchev–Trinajstić information content (AvgIpc) is 2.58. The molecule has 1 aliphatic heterocycles. The largest absolute Gasteiger partial charge is 0.459 e. The first-order chi connectivity index (χ1) is 5.47. The molecule has 0 aromatic carbocycles. The molecule has 1 radical (unpaired) electrons. The smallest absolute Gasteiger partial charge is 0.194 e. The van der Waals surface area contributed by atoms with Gasteiger partial charge in [-0.15, -0.1) is 0 Å². The summed E-state index contributed by atoms with van der Waals surface area (Å²) < 4.78 is 4.88. The third-order valence-corrected chi connectivity index (χ3v) is 1.92. The Hall–Kier alpha value is -0.960. The second-order valence-electron chi connectivity index (χ2n) is 2.64. The van der Waals surface area contributed by atoms with Crippen LogP contribution in [-0.4, -0.2) is 26.2 Å². The normalized spacial score (nSPS) is 18.7. The van der Waals surface area contributed by atoms with Crippen molar-refractivity contribution in [3.63, 3.8) is 0 Å². The molecule has 11 heavy (non-hydrogen) atoms. The molecule has 1 aromatic heterocycles. The third-order valence-electron chi connectivity index (χ3n) is 1.92. The maximum atomic E-state index is 4.88. The van der Waals surface area contributed by atoms with Crippen LogP contribution in [0.15, 0.2) is 16.7 Å². The Balaban J connectivity index is 2.04. The van der Waals surface area contributed by atoms with Crippen LogP contribution in [0, 0.1) is 6.26 Å². The molecule has 1 fully saturated rings. The van der Waals surface area contributed by atoms with Gasteiger partial charge in [-0.2, -0.15) is 0 Å². The van der Waals surface area contributed by atoms with Gasteiger partial charge in [0.15, 0.2) is 6.26 Å². The fraction of sp³-hybridized carbons (Fsp3) is 0.500. The maximum absolute atomic E-state index is 4.88. The first-order valence-electron chi connectivity index (χ1n) is 3.88. The van der Waals surface area contributed by atoms with Gasteiger partial charge in [0, 0.05) is 32.2 Å². The Morgan fingerprint density at radius 2 is 2.27 bits per heavy atom. The van der Waals surface area contributed by atoms with E-state index in [2.05, 4.69) is 16.5 Å². The van der Waals surface area contributed by atoms with E-state index >= 15 is 0 Å². The first-order valence-corrected chi connectivity index (χ1v) is 3.88. The van der Waals surface area contributed by atoms with Gasteiger partial charge in [0.1, 0.15) is 0 Å². The molecule has 0 saturated carbocycles. The van der Waals surface area contributed by atoms with Crippen LogP contribution in [0.3, 0.4) is 0 Å². The molecule has 0 atom stereocenters. The molecule has 1 aromatic rings. The van der Waals surface area contributed by atoms with Gasteiger partial charge in [-0.05, 0) is 0 Å². The van der Waals surface area contributed by atoms with Gasteiger partial charge >= 0.3 is 0 Å². The van der Waals surface area contributed by atoms with Gasteiger partial charge in [-0.25, -0.2) is 0 Å². The van der Waals surface area contributed by atoms with E-state index in [9.17, 15) is 0 Å². The lowest BCUT2D eigenvalue weighted by Crippen LogP contribution is -2.43. The molecular formula is C8H11N2O. The Morgan fingerprint density at radius 1 is 1.45 bits per heavy atom. The van der Waals surface area contributed by atoms with Crippen molar-refractivity contribution >= 4 is 5.69 Å². The first kappa shape index (κ1) is 6.73. The number of piperazine rings is 1. The zero-order valence-electron chi connectivity index (χ0n) is 6.34. The Labute approximate surface area is 66.0 Å². The zero-order valence-corrected chi connectivity index (χ0v) is 6.34. The van der Waals surface area contributed by atoms with Crippen molar-refractivity contribution in [2.45, 2.75) is 0 Å². The lowest BCUT2D eigenvalue weighted by molar-refractivity contribution is 0.549. The quantitative estimate of drug-likeness (QED) is 0.633. The van der Waals surface area contributed by atoms with E-state index in [0.29, 0.717) is 0 Å². The number of hydrogen-bond donors (Lipinski definition) is 1. The molecule has 2 heterocycles. The lowest BCUT2D eigenvalue weighted by Gasteiger charge is -2.27. The molecule has 1 saturated heterocycles. The summed E-state index contributed by atoms with van der Waals surface area (Å²) in [4.78, 5) is 2.26. The van der Waals surface area contributed by atoms with Crippen LogP contribution < -0.4 is 10.2 Å². The highest BCUT2D eigenvalue weighted by atomic mass is 16.3. The van der Waals surface area contributed by atoms with Crippen molar-refractivity contribution in [2.24, 2.45) is 0 Å². The molecular weight excluding hydrogens is 140 g/mol. The minimum atomic E-state index is 1.05. The second kappa shape index (κ2) is 2.96. The van der Waals surface area contributed by atoms with Crippen LogP contribution in [0.1, 0.15) is 0 Å². The molecule has 0 amide bonds. The fourth-order valence-corrected chi connectivity index (χ4v) is 1.30. The minimum Gasteiger partial charge on any atom is -0.459 e. The van der Waals surface area contributed by atoms with Crippen molar-refractivity contribution in [2.75, 3.05) is 31.1 Å². The number of nitrogens with one attached hydrogen (secondary N) is 1. The van der Waals surface area contributed by atoms with Gasteiger partial charge in [0.2, 0.25) is 0 Å². The number of anilines is 1. The SMILES string of the molecule is [c]1occc1N1CCNCC1.